The van der Waals surface area contributed by atoms with Crippen molar-refractivity contribution in [3.05, 3.63) is 69.8 Å². The molecule has 4 nitrogen and oxygen atoms in total. The Morgan fingerprint density at radius 2 is 1.04 bits per heavy atom. The van der Waals surface area contributed by atoms with Crippen LogP contribution in [-0.2, 0) is 45.4 Å². The molecule has 0 radical (unpaired) electrons. The Hall–Kier alpha value is -1.72. The lowest BCUT2D eigenvalue weighted by Crippen LogP contribution is -2.15. The Morgan fingerprint density at radius 3 is 1.54 bits per heavy atom. The molecule has 4 heterocycles. The normalized spacial score (nSPS) is 31.8. The molecule has 2 aromatic carbocycles. The second kappa shape index (κ2) is 5.89. The molecule has 4 unspecified atom stereocenters. The van der Waals surface area contributed by atoms with Crippen molar-refractivity contribution in [1.82, 2.24) is 0 Å². The van der Waals surface area contributed by atoms with Gasteiger partial charge in [0.15, 0.2) is 0 Å². The molecule has 4 aliphatic heterocycles. The molecule has 134 valence electrons. The molecule has 2 aromatic rings. The Morgan fingerprint density at radius 1 is 0.577 bits per heavy atom. The van der Waals surface area contributed by atoms with Gasteiger partial charge in [-0.25, -0.2) is 0 Å². The van der Waals surface area contributed by atoms with Crippen LogP contribution in [0.3, 0.4) is 0 Å². The van der Waals surface area contributed by atoms with Crippen LogP contribution >= 0.6 is 0 Å². The summed E-state index contributed by atoms with van der Waals surface area (Å²) in [6.07, 6.45) is 0.266. The summed E-state index contributed by atoms with van der Waals surface area (Å²) in [5, 5.41) is 0. The average Bonchev–Trinajstić information content (AvgIpc) is 3.42. The SMILES string of the molecule is c1cc2c(cc1C1OCC3C(c4ccc5c(c4)COC5)OCC13)COC2. The highest BCUT2D eigenvalue weighted by Crippen LogP contribution is 2.50. The van der Waals surface area contributed by atoms with Crippen molar-refractivity contribution in [1.29, 1.82) is 0 Å². The van der Waals surface area contributed by atoms with Gasteiger partial charge in [0.25, 0.3) is 0 Å². The highest BCUT2D eigenvalue weighted by atomic mass is 16.5. The van der Waals surface area contributed by atoms with E-state index >= 15 is 0 Å². The van der Waals surface area contributed by atoms with E-state index < -0.39 is 0 Å². The minimum atomic E-state index is 0.133. The zero-order valence-electron chi connectivity index (χ0n) is 14.6. The highest BCUT2D eigenvalue weighted by Gasteiger charge is 2.48. The van der Waals surface area contributed by atoms with Crippen LogP contribution in [0.2, 0.25) is 0 Å². The van der Waals surface area contributed by atoms with Crippen LogP contribution in [0.25, 0.3) is 0 Å². The lowest BCUT2D eigenvalue weighted by Gasteiger charge is -2.17. The number of fused-ring (bicyclic) bond motifs is 3. The molecule has 0 N–H and O–H groups in total. The van der Waals surface area contributed by atoms with Gasteiger partial charge in [-0.15, -0.1) is 0 Å². The lowest BCUT2D eigenvalue weighted by molar-refractivity contribution is 0.0192. The van der Waals surface area contributed by atoms with Crippen molar-refractivity contribution in [2.24, 2.45) is 11.8 Å². The predicted molar refractivity (Wildman–Crippen MR) is 94.2 cm³/mol. The number of benzene rings is 2. The topological polar surface area (TPSA) is 36.9 Å². The molecule has 0 aromatic heterocycles. The van der Waals surface area contributed by atoms with E-state index in [2.05, 4.69) is 36.4 Å². The van der Waals surface area contributed by atoms with Gasteiger partial charge < -0.3 is 18.9 Å². The first-order valence-corrected chi connectivity index (χ1v) is 9.49. The first-order chi connectivity index (χ1) is 12.9. The van der Waals surface area contributed by atoms with E-state index in [4.69, 9.17) is 18.9 Å². The number of hydrogen-bond donors (Lipinski definition) is 0. The van der Waals surface area contributed by atoms with Gasteiger partial charge >= 0.3 is 0 Å². The van der Waals surface area contributed by atoms with Gasteiger partial charge in [0.1, 0.15) is 0 Å². The third-order valence-electron chi connectivity index (χ3n) is 6.41. The minimum Gasteiger partial charge on any atom is -0.373 e. The molecule has 0 saturated carbocycles. The van der Waals surface area contributed by atoms with Gasteiger partial charge in [-0.3, -0.25) is 0 Å². The van der Waals surface area contributed by atoms with Crippen LogP contribution in [0.5, 0.6) is 0 Å². The summed E-state index contributed by atoms with van der Waals surface area (Å²) in [6.45, 7) is 4.45. The van der Waals surface area contributed by atoms with Crippen LogP contribution in [-0.4, -0.2) is 13.2 Å². The second-order valence-electron chi connectivity index (χ2n) is 7.88. The fraction of sp³-hybridized carbons (Fsp3) is 0.455. The Balaban J connectivity index is 1.27. The number of rotatable bonds is 2. The maximum Gasteiger partial charge on any atom is 0.0879 e. The monoisotopic (exact) mass is 350 g/mol. The van der Waals surface area contributed by atoms with Crippen molar-refractivity contribution in [2.75, 3.05) is 13.2 Å². The second-order valence-corrected chi connectivity index (χ2v) is 7.88. The van der Waals surface area contributed by atoms with Crippen LogP contribution in [0.15, 0.2) is 36.4 Å². The van der Waals surface area contributed by atoms with Crippen LogP contribution < -0.4 is 0 Å². The molecule has 0 bridgehead atoms. The van der Waals surface area contributed by atoms with Gasteiger partial charge in [0.2, 0.25) is 0 Å². The fourth-order valence-electron chi connectivity index (χ4n) is 4.97. The van der Waals surface area contributed by atoms with E-state index in [1.54, 1.807) is 0 Å². The fourth-order valence-corrected chi connectivity index (χ4v) is 4.97. The van der Waals surface area contributed by atoms with Crippen molar-refractivity contribution < 1.29 is 18.9 Å². The summed E-state index contributed by atoms with van der Waals surface area (Å²) >= 11 is 0. The van der Waals surface area contributed by atoms with Gasteiger partial charge in [0, 0.05) is 11.8 Å². The largest absolute Gasteiger partial charge is 0.373 e. The van der Waals surface area contributed by atoms with Crippen molar-refractivity contribution in [3.8, 4) is 0 Å². The Bertz CT molecular complexity index is 790. The van der Waals surface area contributed by atoms with Crippen LogP contribution in [0, 0.1) is 11.8 Å². The molecule has 0 spiro atoms. The third kappa shape index (κ3) is 2.30. The smallest absolute Gasteiger partial charge is 0.0879 e. The standard InChI is InChI=1S/C22H22O4/c1-3-15-7-23-9-17(15)5-13(1)21-19-11-26-22(20(19)12-25-21)14-2-4-16-8-24-10-18(16)6-14/h1-6,19-22H,7-12H2. The molecule has 6 rings (SSSR count). The predicted octanol–water partition coefficient (Wildman–Crippen LogP) is 3.82. The van der Waals surface area contributed by atoms with Crippen molar-refractivity contribution >= 4 is 0 Å². The molecule has 0 aliphatic carbocycles. The minimum absolute atomic E-state index is 0.133. The van der Waals surface area contributed by atoms with Crippen molar-refractivity contribution in [2.45, 2.75) is 38.6 Å². The third-order valence-corrected chi connectivity index (χ3v) is 6.41. The summed E-state index contributed by atoms with van der Waals surface area (Å²) in [5.41, 5.74) is 7.78. The quantitative estimate of drug-likeness (QED) is 0.825. The zero-order valence-corrected chi connectivity index (χ0v) is 14.6. The number of ether oxygens (including phenoxy) is 4. The van der Waals surface area contributed by atoms with Gasteiger partial charge in [-0.05, 0) is 33.4 Å². The Labute approximate surface area is 153 Å². The summed E-state index contributed by atoms with van der Waals surface area (Å²) in [5.74, 6) is 0.842. The van der Waals surface area contributed by atoms with Crippen LogP contribution in [0.4, 0.5) is 0 Å². The van der Waals surface area contributed by atoms with E-state index in [1.165, 1.54) is 33.4 Å². The summed E-state index contributed by atoms with van der Waals surface area (Å²) in [4.78, 5) is 0. The molecule has 4 atom stereocenters. The average molecular weight is 350 g/mol. The highest BCUT2D eigenvalue weighted by molar-refractivity contribution is 5.37. The van der Waals surface area contributed by atoms with E-state index in [0.717, 1.165) is 39.6 Å². The van der Waals surface area contributed by atoms with Gasteiger partial charge in [0.05, 0.1) is 51.8 Å². The summed E-state index contributed by atoms with van der Waals surface area (Å²) < 4.78 is 23.6. The molecular formula is C22H22O4. The lowest BCUT2D eigenvalue weighted by atomic mass is 9.84. The van der Waals surface area contributed by atoms with E-state index in [9.17, 15) is 0 Å². The maximum absolute atomic E-state index is 6.26. The molecular weight excluding hydrogens is 328 g/mol. The maximum atomic E-state index is 6.26. The van der Waals surface area contributed by atoms with E-state index in [0.29, 0.717) is 11.8 Å². The van der Waals surface area contributed by atoms with Crippen molar-refractivity contribution in [3.63, 3.8) is 0 Å². The van der Waals surface area contributed by atoms with Crippen LogP contribution in [0.1, 0.15) is 45.6 Å². The van der Waals surface area contributed by atoms with Gasteiger partial charge in [-0.2, -0.15) is 0 Å². The van der Waals surface area contributed by atoms with E-state index in [-0.39, 0.29) is 12.2 Å². The molecule has 2 fully saturated rings. The molecule has 0 amide bonds. The van der Waals surface area contributed by atoms with E-state index in [1.807, 2.05) is 0 Å². The Kier molecular flexibility index (Phi) is 3.48. The number of hydrogen-bond acceptors (Lipinski definition) is 4. The zero-order chi connectivity index (χ0) is 17.1. The molecule has 4 heteroatoms. The first kappa shape index (κ1) is 15.3. The first-order valence-electron chi connectivity index (χ1n) is 9.49. The molecule has 2 saturated heterocycles. The van der Waals surface area contributed by atoms with Gasteiger partial charge in [-0.1, -0.05) is 36.4 Å². The summed E-state index contributed by atoms with van der Waals surface area (Å²) in [7, 11) is 0. The molecule has 26 heavy (non-hydrogen) atoms. The molecule has 4 aliphatic rings. The summed E-state index contributed by atoms with van der Waals surface area (Å²) in [6, 6.07) is 13.4.